The Hall–Kier alpha value is -4.70. The quantitative estimate of drug-likeness (QED) is 0.333. The molecule has 4 aliphatic heterocycles. The molecule has 4 aliphatic rings. The Balaban J connectivity index is 0.981. The van der Waals surface area contributed by atoms with Crippen molar-refractivity contribution in [2.45, 2.75) is 82.5 Å². The molecule has 3 aromatic rings. The second kappa shape index (κ2) is 12.1. The van der Waals surface area contributed by atoms with Gasteiger partial charge in [-0.1, -0.05) is 11.8 Å². The molecule has 1 aromatic carbocycles. The minimum Gasteiger partial charge on any atom is -0.444 e. The molecule has 0 saturated carbocycles. The fourth-order valence-electron chi connectivity index (χ4n) is 7.40. The van der Waals surface area contributed by atoms with E-state index in [1.54, 1.807) is 25.5 Å². The molecule has 2 atom stereocenters. The Morgan fingerprint density at radius 3 is 2.46 bits per heavy atom. The predicted molar refractivity (Wildman–Crippen MR) is 178 cm³/mol. The van der Waals surface area contributed by atoms with E-state index in [2.05, 4.69) is 36.9 Å². The van der Waals surface area contributed by atoms with Gasteiger partial charge in [-0.05, 0) is 71.1 Å². The number of hydrogen-bond donors (Lipinski definition) is 1. The summed E-state index contributed by atoms with van der Waals surface area (Å²) < 4.78 is 8.67. The maximum atomic E-state index is 13.1. The Morgan fingerprint density at radius 1 is 1.02 bits per heavy atom. The zero-order valence-corrected chi connectivity index (χ0v) is 28.0. The molecule has 3 amide bonds. The Kier molecular flexibility index (Phi) is 8.02. The van der Waals surface area contributed by atoms with Crippen LogP contribution in [-0.4, -0.2) is 96.7 Å². The Bertz CT molecular complexity index is 1890. The molecular formula is C35H42N8O5. The van der Waals surface area contributed by atoms with Crippen molar-refractivity contribution in [1.82, 2.24) is 34.2 Å². The van der Waals surface area contributed by atoms with E-state index >= 15 is 0 Å². The van der Waals surface area contributed by atoms with Gasteiger partial charge in [0.1, 0.15) is 11.6 Å². The number of imidazole rings is 1. The Morgan fingerprint density at radius 2 is 1.77 bits per heavy atom. The number of aromatic nitrogens is 4. The van der Waals surface area contributed by atoms with Gasteiger partial charge in [0, 0.05) is 70.2 Å². The van der Waals surface area contributed by atoms with Crippen molar-refractivity contribution in [3.8, 4) is 11.8 Å². The van der Waals surface area contributed by atoms with Crippen molar-refractivity contribution in [3.05, 3.63) is 52.2 Å². The molecular weight excluding hydrogens is 612 g/mol. The molecule has 4 fully saturated rings. The van der Waals surface area contributed by atoms with Crippen LogP contribution in [0.2, 0.25) is 0 Å². The summed E-state index contributed by atoms with van der Waals surface area (Å²) in [5, 5.41) is 2.33. The first-order chi connectivity index (χ1) is 22.9. The molecule has 6 heterocycles. The number of ether oxygens (including phenoxy) is 1. The highest BCUT2D eigenvalue weighted by molar-refractivity contribution is 6.00. The number of benzene rings is 1. The van der Waals surface area contributed by atoms with Crippen molar-refractivity contribution < 1.29 is 19.1 Å². The number of fused-ring (bicyclic) bond motifs is 1. The van der Waals surface area contributed by atoms with Crippen LogP contribution in [0.25, 0.3) is 11.0 Å². The van der Waals surface area contributed by atoms with Crippen molar-refractivity contribution >= 4 is 34.9 Å². The maximum absolute atomic E-state index is 13.1. The van der Waals surface area contributed by atoms with Gasteiger partial charge in [-0.3, -0.25) is 28.9 Å². The van der Waals surface area contributed by atoms with Gasteiger partial charge in [-0.2, -0.15) is 0 Å². The average Bonchev–Trinajstić information content (AvgIpc) is 3.26. The molecule has 48 heavy (non-hydrogen) atoms. The third-order valence-corrected chi connectivity index (χ3v) is 10.1. The van der Waals surface area contributed by atoms with Crippen molar-refractivity contribution in [3.63, 3.8) is 0 Å². The number of rotatable bonds is 4. The lowest BCUT2D eigenvalue weighted by Crippen LogP contribution is -2.78. The fraction of sp³-hybridized carbons (Fsp3) is 0.543. The molecule has 13 nitrogen and oxygen atoms in total. The summed E-state index contributed by atoms with van der Waals surface area (Å²) >= 11 is 0. The van der Waals surface area contributed by atoms with E-state index in [9.17, 15) is 19.2 Å². The van der Waals surface area contributed by atoms with Gasteiger partial charge >= 0.3 is 11.8 Å². The number of imide groups is 1. The highest BCUT2D eigenvalue weighted by atomic mass is 16.6. The smallest absolute Gasteiger partial charge is 0.410 e. The van der Waals surface area contributed by atoms with Crippen LogP contribution in [0.3, 0.4) is 0 Å². The largest absolute Gasteiger partial charge is 0.444 e. The monoisotopic (exact) mass is 654 g/mol. The number of nitrogens with zero attached hydrogens (tertiary/aromatic N) is 7. The van der Waals surface area contributed by atoms with Gasteiger partial charge in [-0.25, -0.2) is 19.6 Å². The van der Waals surface area contributed by atoms with E-state index in [1.807, 2.05) is 37.8 Å². The zero-order valence-electron chi connectivity index (χ0n) is 28.0. The first-order valence-electron chi connectivity index (χ1n) is 16.8. The molecule has 0 bridgehead atoms. The SMILES string of the molecule is Cn1c(=O)n(C2CCC(=O)NC2=O)c2ccc(C#Cc3cnc(N4CC5(CCN5CC5CCCCN5C(=O)OC(C)(C)C)C4)nc3)cc21. The first-order valence-corrected chi connectivity index (χ1v) is 16.8. The third-order valence-electron chi connectivity index (χ3n) is 10.1. The lowest BCUT2D eigenvalue weighted by molar-refractivity contribution is -0.135. The molecule has 7 rings (SSSR count). The van der Waals surface area contributed by atoms with Gasteiger partial charge in [0.2, 0.25) is 17.8 Å². The van der Waals surface area contributed by atoms with Crippen molar-refractivity contribution in [1.29, 1.82) is 0 Å². The summed E-state index contributed by atoms with van der Waals surface area (Å²) in [5.74, 6) is 6.16. The number of carbonyl (C=O) groups excluding carboxylic acids is 3. The number of anilines is 1. The summed E-state index contributed by atoms with van der Waals surface area (Å²) in [5.41, 5.74) is 1.94. The maximum Gasteiger partial charge on any atom is 0.410 e. The summed E-state index contributed by atoms with van der Waals surface area (Å²) in [6, 6.07) is 4.87. The van der Waals surface area contributed by atoms with Crippen LogP contribution in [0.15, 0.2) is 35.4 Å². The van der Waals surface area contributed by atoms with Gasteiger partial charge in [0.05, 0.1) is 22.1 Å². The normalized spacial score (nSPS) is 22.5. The van der Waals surface area contributed by atoms with Crippen molar-refractivity contribution in [2.75, 3.05) is 37.6 Å². The molecule has 1 N–H and O–H groups in total. The Labute approximate surface area is 279 Å². The van der Waals surface area contributed by atoms with Crippen LogP contribution in [0.5, 0.6) is 0 Å². The molecule has 1 spiro atoms. The standard InChI is InChI=1S/C35H42N8O5/c1-34(2,3)48-33(47)42-15-6-5-7-25(42)20-41-16-14-35(41)21-40(22-35)31-36-18-24(19-37-31)9-8-23-10-11-26-28(17-23)39(4)32(46)43(26)27-12-13-29(44)38-30(27)45/h10-11,17-19,25,27H,5-7,12-16,20-22H2,1-4H3,(H,38,44,45). The molecule has 252 valence electrons. The average molecular weight is 655 g/mol. The van der Waals surface area contributed by atoms with Crippen molar-refractivity contribution in [2.24, 2.45) is 7.05 Å². The zero-order chi connectivity index (χ0) is 33.8. The van der Waals surface area contributed by atoms with E-state index in [-0.39, 0.29) is 42.1 Å². The van der Waals surface area contributed by atoms with Crippen LogP contribution in [-0.2, 0) is 21.4 Å². The topological polar surface area (TPSA) is 135 Å². The fourth-order valence-corrected chi connectivity index (χ4v) is 7.40. The van der Waals surface area contributed by atoms with Crippen LogP contribution in [0, 0.1) is 11.8 Å². The lowest BCUT2D eigenvalue weighted by atomic mass is 9.77. The lowest BCUT2D eigenvalue weighted by Gasteiger charge is -2.63. The van der Waals surface area contributed by atoms with Gasteiger partial charge in [0.25, 0.3) is 0 Å². The van der Waals surface area contributed by atoms with E-state index < -0.39 is 17.6 Å². The summed E-state index contributed by atoms with van der Waals surface area (Å²) in [4.78, 5) is 65.9. The molecule has 0 aliphatic carbocycles. The molecule has 2 aromatic heterocycles. The second-order valence-electron chi connectivity index (χ2n) is 14.5. The second-order valence-corrected chi connectivity index (χ2v) is 14.5. The summed E-state index contributed by atoms with van der Waals surface area (Å²) in [7, 11) is 1.66. The molecule has 4 saturated heterocycles. The van der Waals surface area contributed by atoms with Crippen LogP contribution in [0.1, 0.15) is 76.5 Å². The first kappa shape index (κ1) is 31.9. The number of aryl methyl sites for hydroxylation is 1. The molecule has 2 unspecified atom stereocenters. The van der Waals surface area contributed by atoms with E-state index in [1.165, 1.54) is 9.13 Å². The van der Waals surface area contributed by atoms with Gasteiger partial charge < -0.3 is 14.5 Å². The van der Waals surface area contributed by atoms with E-state index in [0.29, 0.717) is 28.1 Å². The number of likely N-dealkylation sites (tertiary alicyclic amines) is 2. The highest BCUT2D eigenvalue weighted by Crippen LogP contribution is 2.41. The minimum atomic E-state index is -0.730. The van der Waals surface area contributed by atoms with E-state index in [0.717, 1.165) is 58.4 Å². The third kappa shape index (κ3) is 5.94. The number of hydrogen-bond acceptors (Lipinski definition) is 9. The predicted octanol–water partition coefficient (Wildman–Crippen LogP) is 2.56. The minimum absolute atomic E-state index is 0.106. The highest BCUT2D eigenvalue weighted by Gasteiger charge is 2.54. The number of nitrogens with one attached hydrogen (secondary N) is 1. The van der Waals surface area contributed by atoms with E-state index in [4.69, 9.17) is 4.74 Å². The molecule has 0 radical (unpaired) electrons. The van der Waals surface area contributed by atoms with Crippen LogP contribution >= 0.6 is 0 Å². The molecule has 13 heteroatoms. The number of amides is 3. The summed E-state index contributed by atoms with van der Waals surface area (Å²) in [6.45, 7) is 10.1. The van der Waals surface area contributed by atoms with Gasteiger partial charge in [-0.15, -0.1) is 0 Å². The van der Waals surface area contributed by atoms with Crippen LogP contribution < -0.4 is 15.9 Å². The van der Waals surface area contributed by atoms with Crippen LogP contribution in [0.4, 0.5) is 10.7 Å². The number of piperidine rings is 2. The number of carbonyl (C=O) groups is 3. The summed E-state index contributed by atoms with van der Waals surface area (Å²) in [6.07, 6.45) is 8.01. The van der Waals surface area contributed by atoms with Gasteiger partial charge in [0.15, 0.2) is 0 Å².